The minimum absolute atomic E-state index is 0.165. The summed E-state index contributed by atoms with van der Waals surface area (Å²) in [5, 5.41) is 3.49. The van der Waals surface area contributed by atoms with Gasteiger partial charge in [0.05, 0.1) is 17.9 Å². The number of carbonyl (C=O) groups excluding carboxylic acids is 1. The number of pyridine rings is 1. The van der Waals surface area contributed by atoms with Gasteiger partial charge in [0.1, 0.15) is 0 Å². The highest BCUT2D eigenvalue weighted by molar-refractivity contribution is 6.02. The number of benzene rings is 2. The number of ketones is 1. The molecule has 1 aliphatic carbocycles. The van der Waals surface area contributed by atoms with E-state index in [0.717, 1.165) is 17.7 Å². The summed E-state index contributed by atoms with van der Waals surface area (Å²) in [6, 6.07) is 20.0. The van der Waals surface area contributed by atoms with Crippen LogP contribution >= 0.6 is 0 Å². The highest BCUT2D eigenvalue weighted by Gasteiger charge is 2.45. The van der Waals surface area contributed by atoms with E-state index < -0.39 is 0 Å². The van der Waals surface area contributed by atoms with Gasteiger partial charge >= 0.3 is 0 Å². The minimum atomic E-state index is -0.225. The topological polar surface area (TPSA) is 42.0 Å². The number of nitrogens with one attached hydrogen (secondary N) is 1. The SMILES string of the molecule is O=C(c1ccccc1)[C@H]1Nc2cnccc2[C@H]2c3ccccc3C[C@H]21. The zero-order chi connectivity index (χ0) is 16.8. The number of aromatic nitrogens is 1. The second-order valence-corrected chi connectivity index (χ2v) is 6.86. The first-order chi connectivity index (χ1) is 12.3. The summed E-state index contributed by atoms with van der Waals surface area (Å²) < 4.78 is 0. The highest BCUT2D eigenvalue weighted by Crippen LogP contribution is 2.49. The smallest absolute Gasteiger partial charge is 0.185 e. The third-order valence-corrected chi connectivity index (χ3v) is 5.54. The summed E-state index contributed by atoms with van der Waals surface area (Å²) in [6.45, 7) is 0. The van der Waals surface area contributed by atoms with Gasteiger partial charge < -0.3 is 5.32 Å². The Balaban J connectivity index is 1.63. The number of fused-ring (bicyclic) bond motifs is 5. The first kappa shape index (κ1) is 14.4. The van der Waals surface area contributed by atoms with Gasteiger partial charge in [-0.2, -0.15) is 0 Å². The number of nitrogens with zero attached hydrogens (tertiary/aromatic N) is 1. The standard InChI is InChI=1S/C22H18N2O/c25-22(14-6-2-1-3-7-14)21-18-12-15-8-4-5-9-16(15)20(18)17-10-11-23-13-19(17)24-21/h1-11,13,18,20-21,24H,12H2/t18-,20-,21+/m1/s1. The maximum absolute atomic E-state index is 13.2. The maximum Gasteiger partial charge on any atom is 0.185 e. The van der Waals surface area contributed by atoms with Crippen molar-refractivity contribution in [2.75, 3.05) is 5.32 Å². The number of hydrogen-bond acceptors (Lipinski definition) is 3. The van der Waals surface area contributed by atoms with Crippen LogP contribution in [0.25, 0.3) is 0 Å². The molecule has 0 saturated heterocycles. The van der Waals surface area contributed by atoms with Gasteiger partial charge in [0.2, 0.25) is 0 Å². The van der Waals surface area contributed by atoms with Crippen LogP contribution in [0.2, 0.25) is 0 Å². The summed E-state index contributed by atoms with van der Waals surface area (Å²) in [4.78, 5) is 17.5. The van der Waals surface area contributed by atoms with Crippen molar-refractivity contribution in [1.82, 2.24) is 4.98 Å². The molecular weight excluding hydrogens is 308 g/mol. The molecule has 3 atom stereocenters. The Labute approximate surface area is 146 Å². The summed E-state index contributed by atoms with van der Waals surface area (Å²) in [5.41, 5.74) is 5.71. The van der Waals surface area contributed by atoms with Crippen LogP contribution in [0.5, 0.6) is 0 Å². The average Bonchev–Trinajstić information content (AvgIpc) is 3.07. The highest BCUT2D eigenvalue weighted by atomic mass is 16.1. The van der Waals surface area contributed by atoms with Crippen molar-refractivity contribution in [2.24, 2.45) is 5.92 Å². The van der Waals surface area contributed by atoms with Crippen molar-refractivity contribution in [3.8, 4) is 0 Å². The second-order valence-electron chi connectivity index (χ2n) is 6.86. The van der Waals surface area contributed by atoms with E-state index in [1.54, 1.807) is 0 Å². The van der Waals surface area contributed by atoms with Crippen molar-refractivity contribution in [3.63, 3.8) is 0 Å². The number of carbonyl (C=O) groups is 1. The van der Waals surface area contributed by atoms with E-state index in [1.807, 2.05) is 42.7 Å². The maximum atomic E-state index is 13.2. The number of rotatable bonds is 2. The van der Waals surface area contributed by atoms with Crippen LogP contribution in [0.3, 0.4) is 0 Å². The Morgan fingerprint density at radius 2 is 1.76 bits per heavy atom. The zero-order valence-corrected chi connectivity index (χ0v) is 13.7. The molecule has 0 radical (unpaired) electrons. The van der Waals surface area contributed by atoms with Crippen LogP contribution < -0.4 is 5.32 Å². The van der Waals surface area contributed by atoms with E-state index in [0.29, 0.717) is 0 Å². The lowest BCUT2D eigenvalue weighted by Gasteiger charge is -2.36. The van der Waals surface area contributed by atoms with Gasteiger partial charge in [-0.3, -0.25) is 9.78 Å². The van der Waals surface area contributed by atoms with Crippen LogP contribution in [0, 0.1) is 5.92 Å². The molecular formula is C22H18N2O. The molecule has 3 heteroatoms. The quantitative estimate of drug-likeness (QED) is 0.722. The van der Waals surface area contributed by atoms with E-state index in [4.69, 9.17) is 0 Å². The number of anilines is 1. The van der Waals surface area contributed by atoms with Crippen LogP contribution in [-0.2, 0) is 6.42 Å². The molecule has 122 valence electrons. The van der Waals surface area contributed by atoms with E-state index >= 15 is 0 Å². The molecule has 1 aliphatic heterocycles. The van der Waals surface area contributed by atoms with Gasteiger partial charge in [-0.05, 0) is 29.2 Å². The molecule has 3 aromatic rings. The van der Waals surface area contributed by atoms with Gasteiger partial charge in [-0.1, -0.05) is 54.6 Å². The van der Waals surface area contributed by atoms with Gasteiger partial charge in [0.15, 0.2) is 5.78 Å². The van der Waals surface area contributed by atoms with E-state index in [-0.39, 0.29) is 23.7 Å². The first-order valence-corrected chi connectivity index (χ1v) is 8.70. The van der Waals surface area contributed by atoms with E-state index in [9.17, 15) is 4.79 Å². The fraction of sp³-hybridized carbons (Fsp3) is 0.182. The Hall–Kier alpha value is -2.94. The van der Waals surface area contributed by atoms with Gasteiger partial charge in [0.25, 0.3) is 0 Å². The van der Waals surface area contributed by atoms with Crippen LogP contribution in [0.1, 0.15) is 33.0 Å². The fourth-order valence-corrected chi connectivity index (χ4v) is 4.45. The van der Waals surface area contributed by atoms with Crippen molar-refractivity contribution in [2.45, 2.75) is 18.4 Å². The minimum Gasteiger partial charge on any atom is -0.373 e. The molecule has 25 heavy (non-hydrogen) atoms. The van der Waals surface area contributed by atoms with Crippen molar-refractivity contribution < 1.29 is 4.79 Å². The molecule has 2 aliphatic rings. The zero-order valence-electron chi connectivity index (χ0n) is 13.7. The average molecular weight is 326 g/mol. The van der Waals surface area contributed by atoms with Gasteiger partial charge in [0, 0.05) is 23.6 Å². The fourth-order valence-electron chi connectivity index (χ4n) is 4.45. The summed E-state index contributed by atoms with van der Waals surface area (Å²) >= 11 is 0. The Morgan fingerprint density at radius 1 is 0.960 bits per heavy atom. The van der Waals surface area contributed by atoms with Gasteiger partial charge in [-0.15, -0.1) is 0 Å². The Bertz CT molecular complexity index is 951. The molecule has 0 unspecified atom stereocenters. The monoisotopic (exact) mass is 326 g/mol. The third-order valence-electron chi connectivity index (χ3n) is 5.54. The lowest BCUT2D eigenvalue weighted by atomic mass is 9.76. The van der Waals surface area contributed by atoms with E-state index in [1.165, 1.54) is 16.7 Å². The third kappa shape index (κ3) is 2.19. The summed E-state index contributed by atoms with van der Waals surface area (Å²) in [6.07, 6.45) is 4.62. The van der Waals surface area contributed by atoms with Crippen LogP contribution in [0.15, 0.2) is 73.1 Å². The predicted octanol–water partition coefficient (Wildman–Crippen LogP) is 4.06. The van der Waals surface area contributed by atoms with E-state index in [2.05, 4.69) is 40.6 Å². The molecule has 1 N–H and O–H groups in total. The Kier molecular flexibility index (Phi) is 3.20. The molecule has 0 amide bonds. The lowest BCUT2D eigenvalue weighted by molar-refractivity contribution is 0.0938. The van der Waals surface area contributed by atoms with Gasteiger partial charge in [-0.25, -0.2) is 0 Å². The number of Topliss-reactive ketones (excluding diaryl/α,β-unsaturated/α-hetero) is 1. The van der Waals surface area contributed by atoms with Crippen molar-refractivity contribution in [1.29, 1.82) is 0 Å². The molecule has 0 bridgehead atoms. The second kappa shape index (κ2) is 5.55. The first-order valence-electron chi connectivity index (χ1n) is 8.70. The predicted molar refractivity (Wildman–Crippen MR) is 97.9 cm³/mol. The summed E-state index contributed by atoms with van der Waals surface area (Å²) in [7, 11) is 0. The molecule has 0 saturated carbocycles. The van der Waals surface area contributed by atoms with Crippen molar-refractivity contribution >= 4 is 11.5 Å². The molecule has 2 heterocycles. The van der Waals surface area contributed by atoms with Crippen LogP contribution in [0.4, 0.5) is 5.69 Å². The lowest BCUT2D eigenvalue weighted by Crippen LogP contribution is -2.42. The largest absolute Gasteiger partial charge is 0.373 e. The molecule has 3 nitrogen and oxygen atoms in total. The van der Waals surface area contributed by atoms with Crippen molar-refractivity contribution in [3.05, 3.63) is 95.3 Å². The molecule has 1 aromatic heterocycles. The molecule has 2 aromatic carbocycles. The van der Waals surface area contributed by atoms with Crippen LogP contribution in [-0.4, -0.2) is 16.8 Å². The molecule has 0 fully saturated rings. The molecule has 5 rings (SSSR count). The summed E-state index contributed by atoms with van der Waals surface area (Å²) in [5.74, 6) is 0.658. The molecule has 0 spiro atoms. The normalized spacial score (nSPS) is 23.1. The number of hydrogen-bond donors (Lipinski definition) is 1. The Morgan fingerprint density at radius 3 is 2.64 bits per heavy atom.